The van der Waals surface area contributed by atoms with E-state index >= 15 is 0 Å². The topological polar surface area (TPSA) is 59.0 Å². The largest absolute Gasteiger partial charge is 0.346 e. The molecule has 4 rings (SSSR count). The first kappa shape index (κ1) is 19.4. The molecule has 9 heteroatoms. The summed E-state index contributed by atoms with van der Waals surface area (Å²) in [6, 6.07) is 3.90. The van der Waals surface area contributed by atoms with Crippen LogP contribution in [0.4, 0.5) is 17.6 Å². The second kappa shape index (κ2) is 7.82. The molecule has 152 valence electrons. The summed E-state index contributed by atoms with van der Waals surface area (Å²) in [6.45, 7) is 0.662. The van der Waals surface area contributed by atoms with Crippen LogP contribution < -0.4 is 10.6 Å². The van der Waals surface area contributed by atoms with Crippen LogP contribution in [0, 0.1) is 17.6 Å². The summed E-state index contributed by atoms with van der Waals surface area (Å²) in [5.74, 6) is -2.88. The molecule has 1 saturated heterocycles. The molecule has 1 amide bonds. The first-order chi connectivity index (χ1) is 13.9. The Labute approximate surface area is 163 Å². The summed E-state index contributed by atoms with van der Waals surface area (Å²) in [5, 5.41) is 5.27. The van der Waals surface area contributed by atoms with E-state index in [2.05, 4.69) is 15.6 Å². The molecule has 1 aromatic carbocycles. The molecule has 5 nitrogen and oxygen atoms in total. The lowest BCUT2D eigenvalue weighted by atomic mass is 10.0. The van der Waals surface area contributed by atoms with Crippen molar-refractivity contribution in [1.29, 1.82) is 0 Å². The summed E-state index contributed by atoms with van der Waals surface area (Å²) in [6.07, 6.45) is 1.68. The minimum atomic E-state index is -1.28. The van der Waals surface area contributed by atoms with Crippen molar-refractivity contribution in [1.82, 2.24) is 20.2 Å². The summed E-state index contributed by atoms with van der Waals surface area (Å²) in [4.78, 5) is 16.3. The monoisotopic (exact) mass is 406 g/mol. The van der Waals surface area contributed by atoms with E-state index in [-0.39, 0.29) is 29.6 Å². The van der Waals surface area contributed by atoms with Gasteiger partial charge in [-0.05, 0) is 42.8 Å². The number of pyridine rings is 1. The fraction of sp³-hybridized carbons (Fsp3) is 0.300. The standard InChI is InChI=1S/C20H18F4N4O/c21-13-1-2-14(22)19-18(13)12(20(29)27-16-4-5-25-8-15(16)23)10-28(19)9-11-3-6-26-17(24)7-11/h1-3,6-7,10,15-16,25H,4-5,8-9H2,(H,27,29)/t15-,16-/m1/s1. The van der Waals surface area contributed by atoms with E-state index in [4.69, 9.17) is 0 Å². The number of hydrogen-bond acceptors (Lipinski definition) is 3. The van der Waals surface area contributed by atoms with E-state index in [9.17, 15) is 22.4 Å². The Morgan fingerprint density at radius 1 is 1.24 bits per heavy atom. The quantitative estimate of drug-likeness (QED) is 0.518. The summed E-state index contributed by atoms with van der Waals surface area (Å²) >= 11 is 0. The number of piperidine rings is 1. The molecular formula is C20H18F4N4O. The Balaban J connectivity index is 1.74. The van der Waals surface area contributed by atoms with Crippen molar-refractivity contribution in [2.75, 3.05) is 13.1 Å². The number of rotatable bonds is 4. The highest BCUT2D eigenvalue weighted by molar-refractivity contribution is 6.07. The number of halogens is 4. The fourth-order valence-electron chi connectivity index (χ4n) is 3.63. The van der Waals surface area contributed by atoms with E-state index in [0.29, 0.717) is 18.5 Å². The lowest BCUT2D eigenvalue weighted by molar-refractivity contribution is 0.0893. The average molecular weight is 406 g/mol. The van der Waals surface area contributed by atoms with Gasteiger partial charge in [-0.25, -0.2) is 18.2 Å². The number of amides is 1. The summed E-state index contributed by atoms with van der Waals surface area (Å²) in [5.41, 5.74) is 0.249. The van der Waals surface area contributed by atoms with Crippen LogP contribution in [0.2, 0.25) is 0 Å². The third-order valence-corrected chi connectivity index (χ3v) is 5.03. The molecule has 0 aliphatic carbocycles. The van der Waals surface area contributed by atoms with E-state index in [1.807, 2.05) is 0 Å². The van der Waals surface area contributed by atoms with Crippen molar-refractivity contribution in [2.24, 2.45) is 0 Å². The van der Waals surface area contributed by atoms with Gasteiger partial charge in [0, 0.05) is 25.5 Å². The highest BCUT2D eigenvalue weighted by Gasteiger charge is 2.28. The van der Waals surface area contributed by atoms with Gasteiger partial charge in [0.2, 0.25) is 5.95 Å². The van der Waals surface area contributed by atoms with Crippen LogP contribution in [0.15, 0.2) is 36.7 Å². The van der Waals surface area contributed by atoms with Crippen LogP contribution in [-0.4, -0.2) is 40.8 Å². The molecule has 2 atom stereocenters. The van der Waals surface area contributed by atoms with E-state index in [0.717, 1.165) is 12.1 Å². The molecule has 0 spiro atoms. The number of hydrogen-bond donors (Lipinski definition) is 2. The molecule has 0 unspecified atom stereocenters. The van der Waals surface area contributed by atoms with Gasteiger partial charge in [0.25, 0.3) is 5.91 Å². The average Bonchev–Trinajstić information content (AvgIpc) is 3.07. The molecule has 1 aliphatic rings. The molecule has 3 aromatic rings. The van der Waals surface area contributed by atoms with E-state index in [1.54, 1.807) is 0 Å². The Morgan fingerprint density at radius 2 is 2.03 bits per heavy atom. The first-order valence-corrected chi connectivity index (χ1v) is 9.17. The Hall–Kier alpha value is -2.94. The number of nitrogens with zero attached hydrogens (tertiary/aromatic N) is 2. The molecule has 0 saturated carbocycles. The number of aromatic nitrogens is 2. The summed E-state index contributed by atoms with van der Waals surface area (Å²) in [7, 11) is 0. The van der Waals surface area contributed by atoms with Crippen molar-refractivity contribution < 1.29 is 22.4 Å². The second-order valence-corrected chi connectivity index (χ2v) is 7.00. The normalized spacial score (nSPS) is 19.4. The van der Waals surface area contributed by atoms with Crippen molar-refractivity contribution in [3.8, 4) is 0 Å². The van der Waals surface area contributed by atoms with Crippen molar-refractivity contribution in [2.45, 2.75) is 25.2 Å². The van der Waals surface area contributed by atoms with Gasteiger partial charge in [0.05, 0.1) is 22.5 Å². The zero-order valence-electron chi connectivity index (χ0n) is 15.3. The SMILES string of the molecule is O=C(N[C@@H]1CCNC[C@H]1F)c1cn(Cc2ccnc(F)c2)c2c(F)ccc(F)c12. The first-order valence-electron chi connectivity index (χ1n) is 9.17. The van der Waals surface area contributed by atoms with Crippen molar-refractivity contribution in [3.05, 3.63) is 65.4 Å². The van der Waals surface area contributed by atoms with Crippen LogP contribution in [0.5, 0.6) is 0 Å². The highest BCUT2D eigenvalue weighted by atomic mass is 19.1. The van der Waals surface area contributed by atoms with E-state index in [1.165, 1.54) is 29.1 Å². The predicted octanol–water partition coefficient (Wildman–Crippen LogP) is 2.93. The molecule has 29 heavy (non-hydrogen) atoms. The number of carbonyl (C=O) groups is 1. The molecule has 1 fully saturated rings. The zero-order valence-corrected chi connectivity index (χ0v) is 15.3. The maximum absolute atomic E-state index is 14.5. The van der Waals surface area contributed by atoms with Gasteiger partial charge in [-0.15, -0.1) is 0 Å². The van der Waals surface area contributed by atoms with Gasteiger partial charge in [0.1, 0.15) is 17.8 Å². The summed E-state index contributed by atoms with van der Waals surface area (Å²) < 4.78 is 57.9. The number of nitrogens with one attached hydrogen (secondary N) is 2. The van der Waals surface area contributed by atoms with Gasteiger partial charge < -0.3 is 15.2 Å². The lowest BCUT2D eigenvalue weighted by Crippen LogP contribution is -2.50. The van der Waals surface area contributed by atoms with E-state index < -0.39 is 35.7 Å². The minimum Gasteiger partial charge on any atom is -0.346 e. The lowest BCUT2D eigenvalue weighted by Gasteiger charge is -2.27. The predicted molar refractivity (Wildman–Crippen MR) is 98.8 cm³/mol. The van der Waals surface area contributed by atoms with Gasteiger partial charge in [0.15, 0.2) is 0 Å². The van der Waals surface area contributed by atoms with Crippen LogP contribution in [0.3, 0.4) is 0 Å². The maximum atomic E-state index is 14.5. The zero-order chi connectivity index (χ0) is 20.5. The van der Waals surface area contributed by atoms with Gasteiger partial charge >= 0.3 is 0 Å². The highest BCUT2D eigenvalue weighted by Crippen LogP contribution is 2.28. The molecule has 0 bridgehead atoms. The van der Waals surface area contributed by atoms with Crippen LogP contribution in [0.25, 0.3) is 10.9 Å². The Morgan fingerprint density at radius 3 is 2.79 bits per heavy atom. The molecule has 2 N–H and O–H groups in total. The second-order valence-electron chi connectivity index (χ2n) is 7.00. The maximum Gasteiger partial charge on any atom is 0.253 e. The fourth-order valence-corrected chi connectivity index (χ4v) is 3.63. The number of fused-ring (bicyclic) bond motifs is 1. The van der Waals surface area contributed by atoms with Gasteiger partial charge in [-0.3, -0.25) is 4.79 Å². The van der Waals surface area contributed by atoms with Crippen LogP contribution >= 0.6 is 0 Å². The Bertz CT molecular complexity index is 1070. The minimum absolute atomic E-state index is 0.00266. The molecule has 3 heterocycles. The van der Waals surface area contributed by atoms with Crippen molar-refractivity contribution >= 4 is 16.8 Å². The van der Waals surface area contributed by atoms with Gasteiger partial charge in [-0.2, -0.15) is 4.39 Å². The Kier molecular flexibility index (Phi) is 5.23. The molecular weight excluding hydrogens is 388 g/mol. The molecule has 1 aliphatic heterocycles. The molecule has 2 aromatic heterocycles. The number of carbonyl (C=O) groups excluding carboxylic acids is 1. The number of benzene rings is 1. The smallest absolute Gasteiger partial charge is 0.253 e. The third-order valence-electron chi connectivity index (χ3n) is 5.03. The number of alkyl halides is 1. The third kappa shape index (κ3) is 3.82. The molecule has 0 radical (unpaired) electrons. The van der Waals surface area contributed by atoms with Crippen LogP contribution in [0.1, 0.15) is 22.3 Å². The van der Waals surface area contributed by atoms with Gasteiger partial charge in [-0.1, -0.05) is 0 Å². The van der Waals surface area contributed by atoms with Crippen LogP contribution in [-0.2, 0) is 6.54 Å². The van der Waals surface area contributed by atoms with Crippen molar-refractivity contribution in [3.63, 3.8) is 0 Å².